The van der Waals surface area contributed by atoms with Crippen LogP contribution in [-0.4, -0.2) is 21.8 Å². The van der Waals surface area contributed by atoms with E-state index in [0.29, 0.717) is 5.56 Å². The van der Waals surface area contributed by atoms with Gasteiger partial charge in [0.1, 0.15) is 5.75 Å². The molecule has 1 heterocycles. The lowest BCUT2D eigenvalue weighted by molar-refractivity contribution is 0.0955. The third-order valence-electron chi connectivity index (χ3n) is 5.68. The molecule has 0 unspecified atom stereocenters. The Morgan fingerprint density at radius 1 is 1.09 bits per heavy atom. The first-order chi connectivity index (χ1) is 15.3. The minimum atomic E-state index is -0.400. The molecule has 0 radical (unpaired) electrons. The second kappa shape index (κ2) is 8.59. The summed E-state index contributed by atoms with van der Waals surface area (Å²) < 4.78 is 2.23. The summed E-state index contributed by atoms with van der Waals surface area (Å²) in [7, 11) is 0. The zero-order valence-corrected chi connectivity index (χ0v) is 18.4. The Kier molecular flexibility index (Phi) is 5.69. The highest BCUT2D eigenvalue weighted by Gasteiger charge is 2.10. The number of fused-ring (bicyclic) bond motifs is 1. The number of carbonyl (C=O) groups excluding carboxylic acids is 1. The Bertz CT molecular complexity index is 1330. The van der Waals surface area contributed by atoms with E-state index in [9.17, 15) is 9.90 Å². The van der Waals surface area contributed by atoms with Crippen molar-refractivity contribution in [2.45, 2.75) is 27.3 Å². The second-order valence-electron chi connectivity index (χ2n) is 8.07. The molecule has 0 aliphatic rings. The average molecular weight is 427 g/mol. The lowest BCUT2D eigenvalue weighted by atomic mass is 10.00. The minimum Gasteiger partial charge on any atom is -0.506 e. The standard InChI is InChI=1S/C26H26N4O2/c1-16-11-17(2)22(18(3)12-16)15-30-10-9-21-20(5-4-6-24(21)30)14-28-29-26(32)19-7-8-25(31)23(27)13-19/h4-14,31H,15,27H2,1-3H3,(H,29,32)/b28-14+. The fourth-order valence-corrected chi connectivity index (χ4v) is 4.05. The van der Waals surface area contributed by atoms with Gasteiger partial charge in [-0.3, -0.25) is 4.79 Å². The first-order valence-electron chi connectivity index (χ1n) is 10.4. The van der Waals surface area contributed by atoms with E-state index in [1.54, 1.807) is 6.21 Å². The number of aromatic nitrogens is 1. The molecule has 4 rings (SSSR count). The molecule has 4 N–H and O–H groups in total. The molecule has 1 aromatic heterocycles. The summed E-state index contributed by atoms with van der Waals surface area (Å²) in [6, 6.07) is 16.8. The number of nitrogens with zero attached hydrogens (tertiary/aromatic N) is 2. The van der Waals surface area contributed by atoms with Crippen molar-refractivity contribution in [2.75, 3.05) is 5.73 Å². The zero-order chi connectivity index (χ0) is 22.8. The molecule has 0 fully saturated rings. The van der Waals surface area contributed by atoms with Crippen LogP contribution in [0.25, 0.3) is 10.9 Å². The number of hydrogen-bond donors (Lipinski definition) is 3. The van der Waals surface area contributed by atoms with E-state index in [-0.39, 0.29) is 11.4 Å². The highest BCUT2D eigenvalue weighted by molar-refractivity contribution is 6.00. The van der Waals surface area contributed by atoms with Gasteiger partial charge in [0.25, 0.3) is 5.91 Å². The summed E-state index contributed by atoms with van der Waals surface area (Å²) in [5.74, 6) is -0.458. The lowest BCUT2D eigenvalue weighted by Gasteiger charge is -2.13. The maximum Gasteiger partial charge on any atom is 0.271 e. The number of rotatable bonds is 5. The van der Waals surface area contributed by atoms with Gasteiger partial charge in [0.05, 0.1) is 11.9 Å². The molecule has 0 atom stereocenters. The molecule has 0 saturated heterocycles. The molecule has 3 aromatic carbocycles. The number of aromatic hydroxyl groups is 1. The van der Waals surface area contributed by atoms with Crippen molar-refractivity contribution in [3.63, 3.8) is 0 Å². The first-order valence-corrected chi connectivity index (χ1v) is 10.4. The topological polar surface area (TPSA) is 92.6 Å². The number of amides is 1. The normalized spacial score (nSPS) is 11.3. The van der Waals surface area contributed by atoms with Crippen molar-refractivity contribution >= 4 is 28.7 Å². The van der Waals surface area contributed by atoms with Crippen LogP contribution in [0.4, 0.5) is 5.69 Å². The number of benzene rings is 3. The third kappa shape index (κ3) is 4.21. The van der Waals surface area contributed by atoms with Gasteiger partial charge < -0.3 is 15.4 Å². The molecule has 4 aromatic rings. The van der Waals surface area contributed by atoms with Crippen LogP contribution in [0.3, 0.4) is 0 Å². The molecule has 0 bridgehead atoms. The predicted molar refractivity (Wildman–Crippen MR) is 129 cm³/mol. The van der Waals surface area contributed by atoms with Crippen LogP contribution in [-0.2, 0) is 6.54 Å². The summed E-state index contributed by atoms with van der Waals surface area (Å²) in [5, 5.41) is 14.7. The number of phenolic OH excluding ortho intramolecular Hbond substituents is 1. The second-order valence-corrected chi connectivity index (χ2v) is 8.07. The first kappa shape index (κ1) is 21.2. The fourth-order valence-electron chi connectivity index (χ4n) is 4.05. The van der Waals surface area contributed by atoms with E-state index in [2.05, 4.69) is 66.3 Å². The smallest absolute Gasteiger partial charge is 0.271 e. The maximum absolute atomic E-state index is 12.3. The lowest BCUT2D eigenvalue weighted by Crippen LogP contribution is -2.17. The van der Waals surface area contributed by atoms with Crippen molar-refractivity contribution in [2.24, 2.45) is 5.10 Å². The van der Waals surface area contributed by atoms with Crippen LogP contribution in [0.2, 0.25) is 0 Å². The van der Waals surface area contributed by atoms with Crippen molar-refractivity contribution < 1.29 is 9.90 Å². The Balaban J connectivity index is 1.55. The van der Waals surface area contributed by atoms with E-state index in [1.807, 2.05) is 12.1 Å². The molecular weight excluding hydrogens is 400 g/mol. The number of aryl methyl sites for hydroxylation is 3. The highest BCUT2D eigenvalue weighted by Crippen LogP contribution is 2.24. The Hall–Kier alpha value is -4.06. The largest absolute Gasteiger partial charge is 0.506 e. The van der Waals surface area contributed by atoms with Gasteiger partial charge in [0.15, 0.2) is 0 Å². The monoisotopic (exact) mass is 426 g/mol. The van der Waals surface area contributed by atoms with Gasteiger partial charge in [-0.15, -0.1) is 0 Å². The minimum absolute atomic E-state index is 0.0581. The molecule has 6 heteroatoms. The molecule has 0 saturated carbocycles. The molecule has 0 aliphatic heterocycles. The quantitative estimate of drug-likeness (QED) is 0.187. The molecule has 6 nitrogen and oxygen atoms in total. The van der Waals surface area contributed by atoms with Crippen LogP contribution in [0, 0.1) is 20.8 Å². The molecular formula is C26H26N4O2. The van der Waals surface area contributed by atoms with Crippen molar-refractivity contribution in [3.8, 4) is 5.75 Å². The summed E-state index contributed by atoms with van der Waals surface area (Å²) in [5.41, 5.74) is 15.8. The van der Waals surface area contributed by atoms with E-state index >= 15 is 0 Å². The molecule has 162 valence electrons. The van der Waals surface area contributed by atoms with Crippen LogP contribution < -0.4 is 11.2 Å². The molecule has 1 amide bonds. The molecule has 0 aliphatic carbocycles. The van der Waals surface area contributed by atoms with Crippen LogP contribution in [0.5, 0.6) is 5.75 Å². The van der Waals surface area contributed by atoms with Crippen molar-refractivity contribution in [1.29, 1.82) is 0 Å². The number of hydrogen-bond acceptors (Lipinski definition) is 4. The Morgan fingerprint density at radius 2 is 1.84 bits per heavy atom. The van der Waals surface area contributed by atoms with Crippen molar-refractivity contribution in [3.05, 3.63) is 94.2 Å². The Morgan fingerprint density at radius 3 is 2.56 bits per heavy atom. The van der Waals surface area contributed by atoms with Gasteiger partial charge in [0.2, 0.25) is 0 Å². The van der Waals surface area contributed by atoms with Gasteiger partial charge in [-0.2, -0.15) is 5.10 Å². The molecule has 0 spiro atoms. The fraction of sp³-hybridized carbons (Fsp3) is 0.154. The van der Waals surface area contributed by atoms with Crippen LogP contribution in [0.15, 0.2) is 65.9 Å². The summed E-state index contributed by atoms with van der Waals surface area (Å²) in [4.78, 5) is 12.3. The van der Waals surface area contributed by atoms with Crippen LogP contribution >= 0.6 is 0 Å². The molecule has 32 heavy (non-hydrogen) atoms. The third-order valence-corrected chi connectivity index (χ3v) is 5.68. The average Bonchev–Trinajstić information content (AvgIpc) is 3.16. The Labute approximate surface area is 187 Å². The van der Waals surface area contributed by atoms with Gasteiger partial charge in [-0.1, -0.05) is 29.8 Å². The zero-order valence-electron chi connectivity index (χ0n) is 18.4. The highest BCUT2D eigenvalue weighted by atomic mass is 16.3. The number of nitrogens with two attached hydrogens (primary N) is 1. The number of nitrogen functional groups attached to an aromatic ring is 1. The number of anilines is 1. The van der Waals surface area contributed by atoms with Crippen molar-refractivity contribution in [1.82, 2.24) is 9.99 Å². The van der Waals surface area contributed by atoms with E-state index in [1.165, 1.54) is 40.5 Å². The number of nitrogens with one attached hydrogen (secondary N) is 1. The van der Waals surface area contributed by atoms with Gasteiger partial charge >= 0.3 is 0 Å². The number of hydrazone groups is 1. The predicted octanol–water partition coefficient (Wildman–Crippen LogP) is 4.67. The summed E-state index contributed by atoms with van der Waals surface area (Å²) in [6.45, 7) is 7.23. The van der Waals surface area contributed by atoms with E-state index in [0.717, 1.165) is 23.0 Å². The van der Waals surface area contributed by atoms with Gasteiger partial charge in [-0.05, 0) is 67.8 Å². The maximum atomic E-state index is 12.3. The van der Waals surface area contributed by atoms with E-state index < -0.39 is 5.91 Å². The van der Waals surface area contributed by atoms with Gasteiger partial charge in [-0.25, -0.2) is 5.43 Å². The number of phenols is 1. The SMILES string of the molecule is Cc1cc(C)c(Cn2ccc3c(/C=N/NC(=O)c4ccc(O)c(N)c4)cccc32)c(C)c1. The summed E-state index contributed by atoms with van der Waals surface area (Å²) >= 11 is 0. The number of carbonyl (C=O) groups is 1. The van der Waals surface area contributed by atoms with Crippen LogP contribution in [0.1, 0.15) is 38.2 Å². The van der Waals surface area contributed by atoms with E-state index in [4.69, 9.17) is 5.73 Å². The van der Waals surface area contributed by atoms with Gasteiger partial charge in [0, 0.05) is 34.8 Å². The summed E-state index contributed by atoms with van der Waals surface area (Å²) in [6.07, 6.45) is 3.72.